The maximum Gasteiger partial charge on any atom is 0.573 e. The summed E-state index contributed by atoms with van der Waals surface area (Å²) in [6.07, 6.45) is -4.73. The Hall–Kier alpha value is -2.01. The second kappa shape index (κ2) is 11.7. The van der Waals surface area contributed by atoms with Gasteiger partial charge in [0, 0.05) is 32.8 Å². The number of para-hydroxylation sites is 1. The van der Waals surface area contributed by atoms with Crippen molar-refractivity contribution in [3.8, 4) is 5.75 Å². The quantitative estimate of drug-likeness (QED) is 0.334. The number of methoxy groups -OCH3 is 1. The molecule has 0 heterocycles. The number of alkyl halides is 3. The molecule has 0 amide bonds. The minimum Gasteiger partial charge on any atom is -0.405 e. The molecule has 0 unspecified atom stereocenters. The van der Waals surface area contributed by atoms with Gasteiger partial charge in [-0.05, 0) is 17.2 Å². The van der Waals surface area contributed by atoms with Gasteiger partial charge in [-0.15, -0.1) is 37.1 Å². The van der Waals surface area contributed by atoms with E-state index >= 15 is 0 Å². The molecule has 0 aliphatic rings. The van der Waals surface area contributed by atoms with E-state index in [1.165, 1.54) is 12.1 Å². The first-order chi connectivity index (χ1) is 12.9. The Kier molecular flexibility index (Phi) is 10.1. The van der Waals surface area contributed by atoms with E-state index in [0.717, 1.165) is 11.1 Å². The number of benzene rings is 2. The first-order valence-electron chi connectivity index (χ1n) is 8.26. The molecular formula is C19H23F3IN3O2. The van der Waals surface area contributed by atoms with Crippen molar-refractivity contribution < 1.29 is 22.6 Å². The Labute approximate surface area is 179 Å². The van der Waals surface area contributed by atoms with Crippen LogP contribution in [0.5, 0.6) is 5.75 Å². The van der Waals surface area contributed by atoms with Gasteiger partial charge in [-0.2, -0.15) is 0 Å². The summed E-state index contributed by atoms with van der Waals surface area (Å²) in [6, 6.07) is 13.9. The van der Waals surface area contributed by atoms with Crippen molar-refractivity contribution in [2.24, 2.45) is 4.99 Å². The van der Waals surface area contributed by atoms with Crippen molar-refractivity contribution in [2.45, 2.75) is 26.1 Å². The summed E-state index contributed by atoms with van der Waals surface area (Å²) in [5.74, 6) is 0.231. The standard InChI is InChI=1S/C19H22F3N3O2.HI/c1-23-18(24-11-14-6-5-7-15(10-14)13-26-2)25-12-16-8-3-4-9-17(16)27-19(20,21)22;/h3-10H,11-13H2,1-2H3,(H2,23,24,25);1H. The number of nitrogens with one attached hydrogen (secondary N) is 2. The molecule has 0 aromatic heterocycles. The van der Waals surface area contributed by atoms with E-state index in [9.17, 15) is 13.2 Å². The Morgan fingerprint density at radius 3 is 2.36 bits per heavy atom. The predicted octanol–water partition coefficient (Wildman–Crippen LogP) is 4.21. The van der Waals surface area contributed by atoms with Crippen LogP contribution >= 0.6 is 24.0 Å². The zero-order valence-corrected chi connectivity index (χ0v) is 17.9. The number of aliphatic imine (C=N–C) groups is 1. The lowest BCUT2D eigenvalue weighted by atomic mass is 10.1. The lowest BCUT2D eigenvalue weighted by Gasteiger charge is -2.16. The highest BCUT2D eigenvalue weighted by molar-refractivity contribution is 14.0. The smallest absolute Gasteiger partial charge is 0.405 e. The van der Waals surface area contributed by atoms with Gasteiger partial charge in [0.05, 0.1) is 6.61 Å². The van der Waals surface area contributed by atoms with Crippen molar-refractivity contribution in [2.75, 3.05) is 14.2 Å². The SMILES string of the molecule is CN=C(NCc1cccc(COC)c1)NCc1ccccc1OC(F)(F)F.I. The first-order valence-corrected chi connectivity index (χ1v) is 8.26. The summed E-state index contributed by atoms with van der Waals surface area (Å²) in [5.41, 5.74) is 2.46. The van der Waals surface area contributed by atoms with Gasteiger partial charge in [0.15, 0.2) is 5.96 Å². The molecule has 5 nitrogen and oxygen atoms in total. The van der Waals surface area contributed by atoms with Crippen LogP contribution in [-0.2, 0) is 24.4 Å². The molecule has 2 aromatic carbocycles. The lowest BCUT2D eigenvalue weighted by molar-refractivity contribution is -0.274. The van der Waals surface area contributed by atoms with Crippen molar-refractivity contribution in [3.63, 3.8) is 0 Å². The highest BCUT2D eigenvalue weighted by Crippen LogP contribution is 2.26. The van der Waals surface area contributed by atoms with Crippen LogP contribution < -0.4 is 15.4 Å². The number of rotatable bonds is 7. The topological polar surface area (TPSA) is 54.9 Å². The van der Waals surface area contributed by atoms with Gasteiger partial charge < -0.3 is 20.1 Å². The fraction of sp³-hybridized carbons (Fsp3) is 0.316. The molecule has 0 aliphatic carbocycles. The molecule has 154 valence electrons. The Morgan fingerprint density at radius 2 is 1.68 bits per heavy atom. The number of hydrogen-bond acceptors (Lipinski definition) is 3. The van der Waals surface area contributed by atoms with Crippen LogP contribution in [0.1, 0.15) is 16.7 Å². The summed E-state index contributed by atoms with van der Waals surface area (Å²) in [6.45, 7) is 1.17. The molecule has 0 aliphatic heterocycles. The van der Waals surface area contributed by atoms with Gasteiger partial charge in [-0.1, -0.05) is 42.5 Å². The minimum atomic E-state index is -4.73. The van der Waals surface area contributed by atoms with Crippen molar-refractivity contribution in [1.29, 1.82) is 0 Å². The van der Waals surface area contributed by atoms with Gasteiger partial charge in [0.1, 0.15) is 5.75 Å². The van der Waals surface area contributed by atoms with Gasteiger partial charge >= 0.3 is 6.36 Å². The molecule has 0 atom stereocenters. The van der Waals surface area contributed by atoms with E-state index in [2.05, 4.69) is 20.4 Å². The predicted molar refractivity (Wildman–Crippen MR) is 113 cm³/mol. The molecule has 2 aromatic rings. The van der Waals surface area contributed by atoms with Gasteiger partial charge in [-0.3, -0.25) is 4.99 Å². The van der Waals surface area contributed by atoms with Gasteiger partial charge in [-0.25, -0.2) is 0 Å². The van der Waals surface area contributed by atoms with Crippen molar-refractivity contribution >= 4 is 29.9 Å². The third-order valence-corrected chi connectivity index (χ3v) is 3.63. The minimum absolute atomic E-state index is 0. The van der Waals surface area contributed by atoms with Crippen molar-refractivity contribution in [1.82, 2.24) is 10.6 Å². The van der Waals surface area contributed by atoms with Crippen LogP contribution in [0.3, 0.4) is 0 Å². The summed E-state index contributed by atoms with van der Waals surface area (Å²) in [5, 5.41) is 6.12. The Morgan fingerprint density at radius 1 is 1.00 bits per heavy atom. The molecule has 0 bridgehead atoms. The van der Waals surface area contributed by atoms with Crippen LogP contribution in [-0.4, -0.2) is 26.5 Å². The Bertz CT molecular complexity index is 770. The highest BCUT2D eigenvalue weighted by Gasteiger charge is 2.31. The summed E-state index contributed by atoms with van der Waals surface area (Å²) in [4.78, 5) is 4.09. The van der Waals surface area contributed by atoms with Crippen LogP contribution in [0.25, 0.3) is 0 Å². The van der Waals surface area contributed by atoms with Gasteiger partial charge in [0.25, 0.3) is 0 Å². The number of guanidine groups is 1. The molecule has 0 radical (unpaired) electrons. The third-order valence-electron chi connectivity index (χ3n) is 3.63. The maximum atomic E-state index is 12.5. The zero-order valence-electron chi connectivity index (χ0n) is 15.5. The molecule has 28 heavy (non-hydrogen) atoms. The van der Waals surface area contributed by atoms with Crippen molar-refractivity contribution in [3.05, 3.63) is 65.2 Å². The van der Waals surface area contributed by atoms with E-state index in [1.54, 1.807) is 26.3 Å². The van der Waals surface area contributed by atoms with Crippen LogP contribution in [0.4, 0.5) is 13.2 Å². The second-order valence-corrected chi connectivity index (χ2v) is 5.69. The molecule has 9 heteroatoms. The lowest BCUT2D eigenvalue weighted by Crippen LogP contribution is -2.36. The molecular weight excluding hydrogens is 486 g/mol. The number of nitrogens with zero attached hydrogens (tertiary/aromatic N) is 1. The first kappa shape index (κ1) is 24.0. The summed E-state index contributed by atoms with van der Waals surface area (Å²) >= 11 is 0. The van der Waals surface area contributed by atoms with Gasteiger partial charge in [0.2, 0.25) is 0 Å². The third kappa shape index (κ3) is 8.34. The molecule has 0 spiro atoms. The second-order valence-electron chi connectivity index (χ2n) is 5.69. The molecule has 0 saturated carbocycles. The summed E-state index contributed by atoms with van der Waals surface area (Å²) in [7, 11) is 3.23. The van der Waals surface area contributed by atoms with E-state index < -0.39 is 6.36 Å². The number of hydrogen-bond donors (Lipinski definition) is 2. The van der Waals surface area contributed by atoms with Crippen LogP contribution in [0.15, 0.2) is 53.5 Å². The van der Waals surface area contributed by atoms with E-state index in [1.807, 2.05) is 24.3 Å². The fourth-order valence-electron chi connectivity index (χ4n) is 2.46. The van der Waals surface area contributed by atoms with E-state index in [-0.39, 0.29) is 36.3 Å². The summed E-state index contributed by atoms with van der Waals surface area (Å²) < 4.78 is 46.7. The van der Waals surface area contributed by atoms with Crippen LogP contribution in [0, 0.1) is 0 Å². The monoisotopic (exact) mass is 509 g/mol. The molecule has 0 fully saturated rings. The van der Waals surface area contributed by atoms with E-state index in [0.29, 0.717) is 24.7 Å². The fourth-order valence-corrected chi connectivity index (χ4v) is 2.46. The average molecular weight is 509 g/mol. The molecule has 2 rings (SSSR count). The largest absolute Gasteiger partial charge is 0.573 e. The number of halogens is 4. The van der Waals surface area contributed by atoms with E-state index in [4.69, 9.17) is 4.74 Å². The zero-order chi connectivity index (χ0) is 19.7. The normalized spacial score (nSPS) is 11.5. The maximum absolute atomic E-state index is 12.5. The average Bonchev–Trinajstić information content (AvgIpc) is 2.62. The van der Waals surface area contributed by atoms with Crippen LogP contribution in [0.2, 0.25) is 0 Å². The Balaban J connectivity index is 0.00000392. The number of ether oxygens (including phenoxy) is 2. The molecule has 0 saturated heterocycles. The highest BCUT2D eigenvalue weighted by atomic mass is 127. The molecule has 2 N–H and O–H groups in total.